The third kappa shape index (κ3) is 3.88. The smallest absolute Gasteiger partial charge is 0.326 e. The van der Waals surface area contributed by atoms with Crippen LogP contribution in [0, 0.1) is 0 Å². The first-order valence-electron chi connectivity index (χ1n) is 9.09. The van der Waals surface area contributed by atoms with Gasteiger partial charge in [-0.15, -0.1) is 0 Å². The third-order valence-corrected chi connectivity index (χ3v) is 4.91. The van der Waals surface area contributed by atoms with Crippen LogP contribution in [0.4, 0.5) is 4.79 Å². The van der Waals surface area contributed by atoms with E-state index in [1.54, 1.807) is 31.2 Å². The second kappa shape index (κ2) is 7.86. The minimum atomic E-state index is -0.439. The Bertz CT molecular complexity index is 689. The van der Waals surface area contributed by atoms with Crippen molar-refractivity contribution in [2.75, 3.05) is 19.7 Å². The predicted octanol–water partition coefficient (Wildman–Crippen LogP) is 2.02. The van der Waals surface area contributed by atoms with Crippen LogP contribution in [0.25, 0.3) is 0 Å². The molecule has 2 aliphatic rings. The monoisotopic (exact) mass is 359 g/mol. The van der Waals surface area contributed by atoms with Crippen molar-refractivity contribution in [1.29, 1.82) is 0 Å². The number of hydrogen-bond acceptors (Lipinski definition) is 5. The number of hydrogen-bond donors (Lipinski definition) is 1. The molecule has 2 saturated heterocycles. The summed E-state index contributed by atoms with van der Waals surface area (Å²) in [5, 5.41) is 2.68. The van der Waals surface area contributed by atoms with Gasteiger partial charge in [-0.1, -0.05) is 0 Å². The van der Waals surface area contributed by atoms with E-state index in [0.29, 0.717) is 12.2 Å². The Balaban J connectivity index is 1.47. The Morgan fingerprint density at radius 1 is 1.27 bits per heavy atom. The fraction of sp³-hybridized carbons (Fsp3) is 0.526. The van der Waals surface area contributed by atoms with Gasteiger partial charge in [0.25, 0.3) is 5.91 Å². The van der Waals surface area contributed by atoms with Crippen LogP contribution in [-0.2, 0) is 4.79 Å². The summed E-state index contributed by atoms with van der Waals surface area (Å²) in [6, 6.07) is 6.38. The van der Waals surface area contributed by atoms with Crippen molar-refractivity contribution in [3.05, 3.63) is 29.8 Å². The number of amides is 3. The van der Waals surface area contributed by atoms with Gasteiger partial charge in [0.1, 0.15) is 11.8 Å². The maximum Gasteiger partial charge on any atom is 0.326 e. The van der Waals surface area contributed by atoms with Crippen molar-refractivity contribution in [3.63, 3.8) is 0 Å². The van der Waals surface area contributed by atoms with Crippen LogP contribution in [0.5, 0.6) is 5.75 Å². The number of likely N-dealkylation sites (tertiary alicyclic amines) is 1. The highest BCUT2D eigenvalue weighted by Gasteiger charge is 2.43. The highest BCUT2D eigenvalue weighted by molar-refractivity contribution is 6.04. The third-order valence-electron chi connectivity index (χ3n) is 4.91. The van der Waals surface area contributed by atoms with Crippen LogP contribution in [0.3, 0.4) is 0 Å². The number of urea groups is 1. The molecule has 140 valence electrons. The summed E-state index contributed by atoms with van der Waals surface area (Å²) in [5.74, 6) is 0.621. The average Bonchev–Trinajstić information content (AvgIpc) is 3.16. The predicted molar refractivity (Wildman–Crippen MR) is 96.0 cm³/mol. The first-order valence-corrected chi connectivity index (χ1v) is 9.09. The van der Waals surface area contributed by atoms with Crippen molar-refractivity contribution in [2.24, 2.45) is 0 Å². The van der Waals surface area contributed by atoms with E-state index in [-0.39, 0.29) is 23.9 Å². The summed E-state index contributed by atoms with van der Waals surface area (Å²) in [7, 11) is 0. The molecule has 0 radical (unpaired) electrons. The molecule has 2 heterocycles. The second-order valence-electron chi connectivity index (χ2n) is 6.82. The standard InChI is InChI=1S/C19H25N3O4/c1-13-18(24)22(19(25)20-13)17-5-3-10-21(17)11-4-12-26-16-8-6-15(7-9-16)14(2)23/h6-9,13,17H,3-5,10-12H2,1-2H3,(H,20,25)/t13-,17?/m1/s1. The van der Waals surface area contributed by atoms with E-state index < -0.39 is 6.04 Å². The van der Waals surface area contributed by atoms with Crippen LogP contribution in [0.2, 0.25) is 0 Å². The van der Waals surface area contributed by atoms with Gasteiger partial charge in [0, 0.05) is 18.7 Å². The zero-order valence-corrected chi connectivity index (χ0v) is 15.2. The van der Waals surface area contributed by atoms with Gasteiger partial charge in [-0.3, -0.25) is 14.5 Å². The van der Waals surface area contributed by atoms with Gasteiger partial charge in [-0.2, -0.15) is 0 Å². The lowest BCUT2D eigenvalue weighted by molar-refractivity contribution is -0.130. The molecule has 0 aromatic heterocycles. The quantitative estimate of drug-likeness (QED) is 0.458. The molecule has 7 heteroatoms. The number of carbonyl (C=O) groups excluding carboxylic acids is 3. The van der Waals surface area contributed by atoms with Gasteiger partial charge < -0.3 is 10.1 Å². The molecule has 2 aliphatic heterocycles. The van der Waals surface area contributed by atoms with E-state index >= 15 is 0 Å². The molecule has 1 unspecified atom stereocenters. The number of nitrogens with zero attached hydrogens (tertiary/aromatic N) is 2. The Hall–Kier alpha value is -2.41. The van der Waals surface area contributed by atoms with E-state index in [1.165, 1.54) is 11.8 Å². The summed E-state index contributed by atoms with van der Waals surface area (Å²) in [5.41, 5.74) is 0.667. The fourth-order valence-corrected chi connectivity index (χ4v) is 3.51. The Morgan fingerprint density at radius 3 is 2.62 bits per heavy atom. The molecular formula is C19H25N3O4. The molecule has 1 N–H and O–H groups in total. The number of ether oxygens (including phenoxy) is 1. The molecule has 0 aliphatic carbocycles. The van der Waals surface area contributed by atoms with Crippen LogP contribution in [0.1, 0.15) is 43.5 Å². The van der Waals surface area contributed by atoms with Crippen molar-refractivity contribution < 1.29 is 19.1 Å². The number of imide groups is 1. The summed E-state index contributed by atoms with van der Waals surface area (Å²) >= 11 is 0. The molecule has 0 bridgehead atoms. The number of nitrogens with one attached hydrogen (secondary N) is 1. The second-order valence-corrected chi connectivity index (χ2v) is 6.82. The maximum atomic E-state index is 12.2. The average molecular weight is 359 g/mol. The highest BCUT2D eigenvalue weighted by atomic mass is 16.5. The lowest BCUT2D eigenvalue weighted by Gasteiger charge is -2.30. The van der Waals surface area contributed by atoms with Crippen LogP contribution in [0.15, 0.2) is 24.3 Å². The summed E-state index contributed by atoms with van der Waals surface area (Å²) in [6.45, 7) is 5.43. The molecule has 3 amide bonds. The molecule has 1 aromatic carbocycles. The highest BCUT2D eigenvalue weighted by Crippen LogP contribution is 2.24. The Kier molecular flexibility index (Phi) is 5.56. The van der Waals surface area contributed by atoms with Gasteiger partial charge >= 0.3 is 6.03 Å². The van der Waals surface area contributed by atoms with E-state index in [1.807, 2.05) is 0 Å². The van der Waals surface area contributed by atoms with Crippen LogP contribution in [-0.4, -0.2) is 59.4 Å². The minimum Gasteiger partial charge on any atom is -0.494 e. The van der Waals surface area contributed by atoms with Crippen molar-refractivity contribution in [3.8, 4) is 5.75 Å². The molecule has 2 atom stereocenters. The SMILES string of the molecule is CC(=O)c1ccc(OCCCN2CCCC2N2C(=O)N[C@H](C)C2=O)cc1. The lowest BCUT2D eigenvalue weighted by Crippen LogP contribution is -2.48. The zero-order chi connectivity index (χ0) is 18.7. The van der Waals surface area contributed by atoms with E-state index in [9.17, 15) is 14.4 Å². The zero-order valence-electron chi connectivity index (χ0n) is 15.2. The van der Waals surface area contributed by atoms with Crippen molar-refractivity contribution >= 4 is 17.7 Å². The van der Waals surface area contributed by atoms with E-state index in [2.05, 4.69) is 10.2 Å². The van der Waals surface area contributed by atoms with Gasteiger partial charge in [0.15, 0.2) is 5.78 Å². The minimum absolute atomic E-state index is 0.0337. The Morgan fingerprint density at radius 2 is 2.00 bits per heavy atom. The number of ketones is 1. The number of rotatable bonds is 7. The molecule has 0 saturated carbocycles. The van der Waals surface area contributed by atoms with Crippen molar-refractivity contribution in [2.45, 2.75) is 45.3 Å². The van der Waals surface area contributed by atoms with Crippen molar-refractivity contribution in [1.82, 2.24) is 15.1 Å². The molecule has 3 rings (SSSR count). The largest absolute Gasteiger partial charge is 0.494 e. The first-order chi connectivity index (χ1) is 12.5. The summed E-state index contributed by atoms with van der Waals surface area (Å²) in [6.07, 6.45) is 2.44. The van der Waals surface area contributed by atoms with E-state index in [0.717, 1.165) is 38.1 Å². The normalized spacial score (nSPS) is 23.4. The molecule has 2 fully saturated rings. The number of carbonyl (C=O) groups is 3. The number of benzene rings is 1. The fourth-order valence-electron chi connectivity index (χ4n) is 3.51. The molecule has 0 spiro atoms. The van der Waals surface area contributed by atoms with Crippen LogP contribution >= 0.6 is 0 Å². The Labute approximate surface area is 153 Å². The molecule has 1 aromatic rings. The topological polar surface area (TPSA) is 79.0 Å². The first kappa shape index (κ1) is 18.4. The molecular weight excluding hydrogens is 334 g/mol. The maximum absolute atomic E-state index is 12.2. The van der Waals surface area contributed by atoms with Gasteiger partial charge in [0.05, 0.1) is 12.8 Å². The molecule has 26 heavy (non-hydrogen) atoms. The molecule has 7 nitrogen and oxygen atoms in total. The van der Waals surface area contributed by atoms with Gasteiger partial charge in [-0.05, 0) is 57.4 Å². The summed E-state index contributed by atoms with van der Waals surface area (Å²) < 4.78 is 5.72. The van der Waals surface area contributed by atoms with Crippen LogP contribution < -0.4 is 10.1 Å². The number of Topliss-reactive ketones (excluding diaryl/α,β-unsaturated/α-hetero) is 1. The van der Waals surface area contributed by atoms with Gasteiger partial charge in [-0.25, -0.2) is 9.69 Å². The van der Waals surface area contributed by atoms with E-state index in [4.69, 9.17) is 4.74 Å². The summed E-state index contributed by atoms with van der Waals surface area (Å²) in [4.78, 5) is 39.1. The lowest BCUT2D eigenvalue weighted by atomic mass is 10.1. The van der Waals surface area contributed by atoms with Gasteiger partial charge in [0.2, 0.25) is 0 Å².